The van der Waals surface area contributed by atoms with E-state index in [1.807, 2.05) is 5.32 Å². The van der Waals surface area contributed by atoms with E-state index in [0.717, 1.165) is 18.7 Å². The predicted octanol–water partition coefficient (Wildman–Crippen LogP) is 3.24. The van der Waals surface area contributed by atoms with Crippen molar-refractivity contribution in [3.05, 3.63) is 0 Å². The summed E-state index contributed by atoms with van der Waals surface area (Å²) < 4.78 is 44.1. The van der Waals surface area contributed by atoms with Gasteiger partial charge in [0.25, 0.3) is 0 Å². The van der Waals surface area contributed by atoms with Crippen LogP contribution >= 0.6 is 24.0 Å². The first-order valence-corrected chi connectivity index (χ1v) is 8.01. The average molecular weight is 359 g/mol. The van der Waals surface area contributed by atoms with E-state index in [1.165, 1.54) is 6.92 Å². The number of Topliss-reactive ketones (excluding diaryl/α,β-unsaturated/α-hetero) is 1. The van der Waals surface area contributed by atoms with Crippen LogP contribution in [0.25, 0.3) is 0 Å². The average Bonchev–Trinajstić information content (AvgIpc) is 2.33. The van der Waals surface area contributed by atoms with Crippen molar-refractivity contribution in [2.24, 2.45) is 0 Å². The van der Waals surface area contributed by atoms with Crippen molar-refractivity contribution in [2.75, 3.05) is 6.61 Å². The fraction of sp³-hybridized carbons (Fsp3) is 0.769. The number of carbonyl (C=O) groups is 2. The molecule has 1 amide bonds. The Kier molecular flexibility index (Phi) is 9.66. The van der Waals surface area contributed by atoms with Gasteiger partial charge in [0.1, 0.15) is 11.8 Å². The summed E-state index contributed by atoms with van der Waals surface area (Å²) in [7, 11) is 0. The molecular formula is C13H20F3NO3S2. The lowest BCUT2D eigenvalue weighted by atomic mass is 10.1. The number of rotatable bonds is 8. The smallest absolute Gasteiger partial charge is 0.408 e. The molecule has 2 atom stereocenters. The number of amides is 1. The molecule has 0 spiro atoms. The van der Waals surface area contributed by atoms with Gasteiger partial charge in [0, 0.05) is 18.6 Å². The minimum Gasteiger partial charge on any atom is -0.479 e. The molecule has 0 aliphatic carbocycles. The third-order valence-electron chi connectivity index (χ3n) is 2.61. The van der Waals surface area contributed by atoms with Gasteiger partial charge >= 0.3 is 6.18 Å². The number of alkyl halides is 3. The number of carbonyl (C=O) groups excluding carboxylic acids is 2. The molecule has 22 heavy (non-hydrogen) atoms. The number of ketones is 1. The highest BCUT2D eigenvalue weighted by Gasteiger charge is 2.41. The number of nitrogens with one attached hydrogen (secondary N) is 1. The lowest BCUT2D eigenvalue weighted by Gasteiger charge is -2.25. The number of hydrogen-bond acceptors (Lipinski definition) is 5. The molecule has 0 aromatic heterocycles. The van der Waals surface area contributed by atoms with Crippen LogP contribution in [-0.4, -0.2) is 40.1 Å². The number of thiocarbonyl (C=S) groups is 1. The number of hydrogen-bond donors (Lipinski definition) is 1. The Morgan fingerprint density at radius 2 is 1.91 bits per heavy atom. The van der Waals surface area contributed by atoms with Crippen LogP contribution in [0.5, 0.6) is 0 Å². The Labute approximate surface area is 137 Å². The van der Waals surface area contributed by atoms with Gasteiger partial charge in [-0.15, -0.1) is 0 Å². The summed E-state index contributed by atoms with van der Waals surface area (Å²) in [6, 6.07) is -1.97. The third-order valence-corrected chi connectivity index (χ3v) is 4.09. The van der Waals surface area contributed by atoms with Crippen molar-refractivity contribution >= 4 is 40.1 Å². The normalized spacial score (nSPS) is 14.1. The molecule has 4 nitrogen and oxygen atoms in total. The van der Waals surface area contributed by atoms with E-state index >= 15 is 0 Å². The molecule has 0 saturated heterocycles. The second-order valence-corrected chi connectivity index (χ2v) is 6.60. The topological polar surface area (TPSA) is 55.4 Å². The van der Waals surface area contributed by atoms with E-state index in [0.29, 0.717) is 6.61 Å². The number of halogens is 3. The zero-order chi connectivity index (χ0) is 17.3. The van der Waals surface area contributed by atoms with Crippen molar-refractivity contribution in [1.82, 2.24) is 5.32 Å². The lowest BCUT2D eigenvalue weighted by Crippen LogP contribution is -2.46. The fourth-order valence-corrected chi connectivity index (χ4v) is 3.17. The molecular weight excluding hydrogens is 339 g/mol. The van der Waals surface area contributed by atoms with Gasteiger partial charge < -0.3 is 14.8 Å². The van der Waals surface area contributed by atoms with Crippen LogP contribution in [0, 0.1) is 0 Å². The molecule has 0 radical (unpaired) electrons. The van der Waals surface area contributed by atoms with E-state index in [4.69, 9.17) is 17.0 Å². The standard InChI is InChI=1S/C13H20F3NO3S2/c1-4-20-12(21)22-10(6-5-8(2)18)7-11(13(14,15)16)17-9(3)19/h10-11H,4-7H2,1-3H3,(H,17,19). The number of ether oxygens (including phenoxy) is 1. The van der Waals surface area contributed by atoms with Crippen LogP contribution < -0.4 is 5.32 Å². The van der Waals surface area contributed by atoms with Crippen molar-refractivity contribution in [2.45, 2.75) is 57.5 Å². The summed E-state index contributed by atoms with van der Waals surface area (Å²) in [4.78, 5) is 22.0. The highest BCUT2D eigenvalue weighted by molar-refractivity contribution is 8.23. The zero-order valence-electron chi connectivity index (χ0n) is 12.7. The van der Waals surface area contributed by atoms with Gasteiger partial charge in [-0.25, -0.2) is 0 Å². The predicted molar refractivity (Wildman–Crippen MR) is 83.8 cm³/mol. The largest absolute Gasteiger partial charge is 0.479 e. The second-order valence-electron chi connectivity index (χ2n) is 4.69. The first kappa shape index (κ1) is 21.2. The molecule has 0 rings (SSSR count). The summed E-state index contributed by atoms with van der Waals surface area (Å²) in [6.45, 7) is 4.44. The van der Waals surface area contributed by atoms with Gasteiger partial charge in [-0.2, -0.15) is 13.2 Å². The van der Waals surface area contributed by atoms with Crippen LogP contribution in [-0.2, 0) is 14.3 Å². The first-order chi connectivity index (χ1) is 10.1. The molecule has 1 N–H and O–H groups in total. The van der Waals surface area contributed by atoms with Crippen LogP contribution in [0.3, 0.4) is 0 Å². The fourth-order valence-electron chi connectivity index (χ4n) is 1.66. The van der Waals surface area contributed by atoms with Gasteiger partial charge in [0.05, 0.1) is 6.61 Å². The quantitative estimate of drug-likeness (QED) is 0.675. The maximum absolute atomic E-state index is 13.0. The Hall–Kier alpha value is -0.830. The molecule has 0 aliphatic heterocycles. The van der Waals surface area contributed by atoms with Crippen LogP contribution in [0.1, 0.15) is 40.0 Å². The zero-order valence-corrected chi connectivity index (χ0v) is 14.3. The highest BCUT2D eigenvalue weighted by atomic mass is 32.2. The van der Waals surface area contributed by atoms with Crippen molar-refractivity contribution in [3.63, 3.8) is 0 Å². The van der Waals surface area contributed by atoms with Crippen molar-refractivity contribution in [1.29, 1.82) is 0 Å². The van der Waals surface area contributed by atoms with E-state index in [9.17, 15) is 22.8 Å². The first-order valence-electron chi connectivity index (χ1n) is 6.72. The Morgan fingerprint density at radius 1 is 1.32 bits per heavy atom. The maximum atomic E-state index is 13.0. The molecule has 128 valence electrons. The molecule has 0 aromatic rings. The SMILES string of the molecule is CCOC(=S)SC(CCC(C)=O)CC(NC(C)=O)C(F)(F)F. The highest BCUT2D eigenvalue weighted by Crippen LogP contribution is 2.30. The minimum absolute atomic E-state index is 0.115. The van der Waals surface area contributed by atoms with Crippen LogP contribution in [0.2, 0.25) is 0 Å². The lowest BCUT2D eigenvalue weighted by molar-refractivity contribution is -0.162. The number of thioether (sulfide) groups is 1. The monoisotopic (exact) mass is 359 g/mol. The van der Waals surface area contributed by atoms with E-state index < -0.39 is 23.4 Å². The van der Waals surface area contributed by atoms with Gasteiger partial charge in [-0.3, -0.25) is 4.79 Å². The van der Waals surface area contributed by atoms with Gasteiger partial charge in [-0.1, -0.05) is 11.8 Å². The Bertz CT molecular complexity index is 402. The second kappa shape index (κ2) is 10.0. The van der Waals surface area contributed by atoms with E-state index in [-0.39, 0.29) is 29.4 Å². The minimum atomic E-state index is -4.56. The van der Waals surface area contributed by atoms with Crippen molar-refractivity contribution in [3.8, 4) is 0 Å². The summed E-state index contributed by atoms with van der Waals surface area (Å²) in [5.74, 6) is -0.874. The maximum Gasteiger partial charge on any atom is 0.408 e. The van der Waals surface area contributed by atoms with Gasteiger partial charge in [0.2, 0.25) is 10.3 Å². The molecule has 2 unspecified atom stereocenters. The van der Waals surface area contributed by atoms with Gasteiger partial charge in [0.15, 0.2) is 0 Å². The molecule has 9 heteroatoms. The van der Waals surface area contributed by atoms with Crippen LogP contribution in [0.4, 0.5) is 13.2 Å². The van der Waals surface area contributed by atoms with Crippen LogP contribution in [0.15, 0.2) is 0 Å². The summed E-state index contributed by atoms with van der Waals surface area (Å²) >= 11 is 5.92. The molecule has 0 fully saturated rings. The summed E-state index contributed by atoms with van der Waals surface area (Å²) in [5, 5.41) is 1.33. The Morgan fingerprint density at radius 3 is 2.32 bits per heavy atom. The summed E-state index contributed by atoms with van der Waals surface area (Å²) in [5.41, 5.74) is 0. The molecule has 0 saturated carbocycles. The molecule has 0 bridgehead atoms. The molecule has 0 aromatic carbocycles. The molecule has 0 aliphatic rings. The van der Waals surface area contributed by atoms with E-state index in [1.54, 1.807) is 6.92 Å². The molecule has 0 heterocycles. The van der Waals surface area contributed by atoms with Gasteiger partial charge in [-0.05, 0) is 38.9 Å². The van der Waals surface area contributed by atoms with E-state index in [2.05, 4.69) is 0 Å². The van der Waals surface area contributed by atoms with Crippen molar-refractivity contribution < 1.29 is 27.5 Å². The summed E-state index contributed by atoms with van der Waals surface area (Å²) in [6.07, 6.45) is -4.54. The Balaban J connectivity index is 4.91. The third kappa shape index (κ3) is 9.99.